The summed E-state index contributed by atoms with van der Waals surface area (Å²) in [7, 11) is 0. The normalized spacial score (nSPS) is 12.0. The molecule has 0 saturated heterocycles. The van der Waals surface area contributed by atoms with Crippen LogP contribution >= 0.6 is 0 Å². The maximum atomic E-state index is 12.0. The molecule has 0 radical (unpaired) electrons. The maximum Gasteiger partial charge on any atom is 0.306 e. The molecule has 0 aromatic rings. The van der Waals surface area contributed by atoms with E-state index in [2.05, 4.69) is 13.8 Å². The summed E-state index contributed by atoms with van der Waals surface area (Å²) < 4.78 is 10.7. The SMILES string of the molecule is CCCCCCCCCCCCCCCC(=O)OC[C@H](C)OC(=O)CCCCCCCCCCCC. The van der Waals surface area contributed by atoms with Crippen LogP contribution in [0.1, 0.15) is 181 Å². The van der Waals surface area contributed by atoms with E-state index in [4.69, 9.17) is 9.47 Å². The molecular formula is C32H62O4. The molecule has 0 spiro atoms. The molecule has 0 saturated carbocycles. The predicted octanol–water partition coefficient (Wildman–Crippen LogP) is 10.3. The third-order valence-corrected chi connectivity index (χ3v) is 7.03. The average Bonchev–Trinajstić information content (AvgIpc) is 2.86. The number of ether oxygens (including phenoxy) is 2. The molecule has 214 valence electrons. The monoisotopic (exact) mass is 510 g/mol. The molecule has 0 amide bonds. The molecule has 0 aliphatic heterocycles. The Morgan fingerprint density at radius 1 is 0.472 bits per heavy atom. The average molecular weight is 511 g/mol. The first-order chi connectivity index (χ1) is 17.6. The standard InChI is InChI=1S/C32H62O4/c1-4-6-8-10-12-14-16-17-18-20-21-23-25-27-31(33)35-29-30(3)36-32(34)28-26-24-22-19-15-13-11-9-7-5-2/h30H,4-29H2,1-3H3/t30-/m0/s1. The van der Waals surface area contributed by atoms with E-state index in [9.17, 15) is 9.59 Å². The maximum absolute atomic E-state index is 12.0. The van der Waals surface area contributed by atoms with Gasteiger partial charge < -0.3 is 9.47 Å². The number of esters is 2. The van der Waals surface area contributed by atoms with Gasteiger partial charge in [0.05, 0.1) is 0 Å². The number of hydrogen-bond acceptors (Lipinski definition) is 4. The second kappa shape index (κ2) is 28.5. The summed E-state index contributed by atoms with van der Waals surface area (Å²) in [6, 6.07) is 0. The van der Waals surface area contributed by atoms with Crippen LogP contribution < -0.4 is 0 Å². The van der Waals surface area contributed by atoms with Crippen LogP contribution in [-0.2, 0) is 19.1 Å². The van der Waals surface area contributed by atoms with Crippen molar-refractivity contribution >= 4 is 11.9 Å². The fraction of sp³-hybridized carbons (Fsp3) is 0.938. The number of carbonyl (C=O) groups is 2. The lowest BCUT2D eigenvalue weighted by Crippen LogP contribution is -2.22. The largest absolute Gasteiger partial charge is 0.462 e. The second-order valence-electron chi connectivity index (χ2n) is 10.9. The van der Waals surface area contributed by atoms with Crippen LogP contribution in [0.15, 0.2) is 0 Å². The van der Waals surface area contributed by atoms with Gasteiger partial charge >= 0.3 is 11.9 Å². The van der Waals surface area contributed by atoms with Crippen molar-refractivity contribution in [3.05, 3.63) is 0 Å². The summed E-state index contributed by atoms with van der Waals surface area (Å²) in [5, 5.41) is 0. The number of hydrogen-bond donors (Lipinski definition) is 0. The lowest BCUT2D eigenvalue weighted by Gasteiger charge is -2.13. The van der Waals surface area contributed by atoms with Gasteiger partial charge in [-0.05, 0) is 19.8 Å². The van der Waals surface area contributed by atoms with E-state index in [1.165, 1.54) is 122 Å². The van der Waals surface area contributed by atoms with Crippen molar-refractivity contribution in [1.82, 2.24) is 0 Å². The van der Waals surface area contributed by atoms with Crippen LogP contribution in [0.25, 0.3) is 0 Å². The minimum Gasteiger partial charge on any atom is -0.462 e. The Kier molecular flexibility index (Phi) is 27.7. The Bertz CT molecular complexity index is 477. The molecule has 4 nitrogen and oxygen atoms in total. The van der Waals surface area contributed by atoms with E-state index in [1.54, 1.807) is 6.92 Å². The zero-order valence-corrected chi connectivity index (χ0v) is 24.6. The Morgan fingerprint density at radius 2 is 0.778 bits per heavy atom. The van der Waals surface area contributed by atoms with Gasteiger partial charge in [-0.25, -0.2) is 0 Å². The van der Waals surface area contributed by atoms with E-state index in [0.29, 0.717) is 12.8 Å². The van der Waals surface area contributed by atoms with Gasteiger partial charge in [-0.2, -0.15) is 0 Å². The van der Waals surface area contributed by atoms with Crippen molar-refractivity contribution in [1.29, 1.82) is 0 Å². The van der Waals surface area contributed by atoms with Crippen LogP contribution in [0.2, 0.25) is 0 Å². The summed E-state index contributed by atoms with van der Waals surface area (Å²) >= 11 is 0. The first kappa shape index (κ1) is 34.9. The molecule has 36 heavy (non-hydrogen) atoms. The summed E-state index contributed by atoms with van der Waals surface area (Å²) in [4.78, 5) is 23.9. The molecule has 0 aromatic heterocycles. The molecule has 0 aliphatic rings. The van der Waals surface area contributed by atoms with Crippen LogP contribution in [0.3, 0.4) is 0 Å². The number of rotatable bonds is 28. The second-order valence-corrected chi connectivity index (χ2v) is 10.9. The zero-order chi connectivity index (χ0) is 26.5. The Hall–Kier alpha value is -1.06. The summed E-state index contributed by atoms with van der Waals surface area (Å²) in [5.41, 5.74) is 0. The minimum atomic E-state index is -0.365. The third kappa shape index (κ3) is 27.5. The molecular weight excluding hydrogens is 448 g/mol. The van der Waals surface area contributed by atoms with Crippen LogP contribution in [0, 0.1) is 0 Å². The van der Waals surface area contributed by atoms with Gasteiger partial charge in [0.25, 0.3) is 0 Å². The van der Waals surface area contributed by atoms with E-state index in [-0.39, 0.29) is 24.6 Å². The fourth-order valence-electron chi connectivity index (χ4n) is 4.64. The first-order valence-corrected chi connectivity index (χ1v) is 15.9. The van der Waals surface area contributed by atoms with Crippen molar-refractivity contribution in [3.8, 4) is 0 Å². The van der Waals surface area contributed by atoms with Gasteiger partial charge in [-0.1, -0.05) is 149 Å². The van der Waals surface area contributed by atoms with Crippen molar-refractivity contribution in [2.75, 3.05) is 6.61 Å². The quantitative estimate of drug-likeness (QED) is 0.0775. The topological polar surface area (TPSA) is 52.6 Å². The minimum absolute atomic E-state index is 0.168. The van der Waals surface area contributed by atoms with Crippen molar-refractivity contribution in [2.45, 2.75) is 187 Å². The molecule has 0 bridgehead atoms. The molecule has 0 heterocycles. The highest BCUT2D eigenvalue weighted by Gasteiger charge is 2.12. The molecule has 0 fully saturated rings. The Morgan fingerprint density at radius 3 is 1.14 bits per heavy atom. The molecule has 0 aromatic carbocycles. The number of unbranched alkanes of at least 4 members (excludes halogenated alkanes) is 21. The highest BCUT2D eigenvalue weighted by Crippen LogP contribution is 2.14. The van der Waals surface area contributed by atoms with Gasteiger partial charge in [0, 0.05) is 12.8 Å². The predicted molar refractivity (Wildman–Crippen MR) is 153 cm³/mol. The van der Waals surface area contributed by atoms with Crippen molar-refractivity contribution in [3.63, 3.8) is 0 Å². The summed E-state index contributed by atoms with van der Waals surface area (Å²) in [5.74, 6) is -0.342. The molecule has 0 aliphatic carbocycles. The number of carbonyl (C=O) groups excluding carboxylic acids is 2. The summed E-state index contributed by atoms with van der Waals surface area (Å²) in [6.45, 7) is 6.49. The third-order valence-electron chi connectivity index (χ3n) is 7.03. The molecule has 1 atom stereocenters. The molecule has 0 N–H and O–H groups in total. The van der Waals surface area contributed by atoms with Crippen LogP contribution in [-0.4, -0.2) is 24.6 Å². The van der Waals surface area contributed by atoms with Gasteiger partial charge in [-0.15, -0.1) is 0 Å². The van der Waals surface area contributed by atoms with Crippen LogP contribution in [0.4, 0.5) is 0 Å². The first-order valence-electron chi connectivity index (χ1n) is 15.9. The highest BCUT2D eigenvalue weighted by molar-refractivity contribution is 5.70. The van der Waals surface area contributed by atoms with Gasteiger partial charge in [-0.3, -0.25) is 9.59 Å². The van der Waals surface area contributed by atoms with Gasteiger partial charge in [0.1, 0.15) is 12.7 Å². The summed E-state index contributed by atoms with van der Waals surface area (Å²) in [6.07, 6.45) is 29.9. The Balaban J connectivity index is 3.42. The lowest BCUT2D eigenvalue weighted by atomic mass is 10.0. The van der Waals surface area contributed by atoms with Crippen LogP contribution in [0.5, 0.6) is 0 Å². The lowest BCUT2D eigenvalue weighted by molar-refractivity contribution is -0.158. The van der Waals surface area contributed by atoms with E-state index >= 15 is 0 Å². The highest BCUT2D eigenvalue weighted by atomic mass is 16.6. The van der Waals surface area contributed by atoms with Gasteiger partial charge in [0.2, 0.25) is 0 Å². The van der Waals surface area contributed by atoms with E-state index in [1.807, 2.05) is 0 Å². The van der Waals surface area contributed by atoms with E-state index < -0.39 is 0 Å². The van der Waals surface area contributed by atoms with Crippen molar-refractivity contribution in [2.24, 2.45) is 0 Å². The smallest absolute Gasteiger partial charge is 0.306 e. The zero-order valence-electron chi connectivity index (χ0n) is 24.6. The van der Waals surface area contributed by atoms with Crippen molar-refractivity contribution < 1.29 is 19.1 Å². The molecule has 0 unspecified atom stereocenters. The van der Waals surface area contributed by atoms with Gasteiger partial charge in [0.15, 0.2) is 0 Å². The fourth-order valence-corrected chi connectivity index (χ4v) is 4.64. The Labute approximate surface area is 225 Å². The molecule has 0 rings (SSSR count). The van der Waals surface area contributed by atoms with E-state index in [0.717, 1.165) is 25.7 Å². The molecule has 4 heteroatoms.